The van der Waals surface area contributed by atoms with Crippen LogP contribution in [0.1, 0.15) is 19.8 Å². The maximum absolute atomic E-state index is 5.24. The largest absolute Gasteiger partial charge is 0.480 e. The van der Waals surface area contributed by atoms with E-state index < -0.39 is 0 Å². The Bertz CT molecular complexity index is 120. The molecule has 1 aliphatic rings. The van der Waals surface area contributed by atoms with Crippen LogP contribution in [0.15, 0.2) is 4.51 Å². The van der Waals surface area contributed by atoms with Crippen molar-refractivity contribution in [2.75, 3.05) is 6.61 Å². The summed E-state index contributed by atoms with van der Waals surface area (Å²) in [5, 5.41) is 0. The molecule has 2 nitrogen and oxygen atoms in total. The molecule has 0 radical (unpaired) electrons. The summed E-state index contributed by atoms with van der Waals surface area (Å²) in [4.78, 5) is 0. The van der Waals surface area contributed by atoms with Crippen molar-refractivity contribution in [3.8, 4) is 0 Å². The number of ether oxygens (including phenoxy) is 1. The Morgan fingerprint density at radius 2 is 2.44 bits per heavy atom. The highest BCUT2D eigenvalue weighted by Gasteiger charge is 2.28. The summed E-state index contributed by atoms with van der Waals surface area (Å²) in [7, 11) is 0. The van der Waals surface area contributed by atoms with Crippen molar-refractivity contribution >= 4 is 17.7 Å². The molecule has 0 aromatic rings. The first-order valence-corrected chi connectivity index (χ1v) is 3.54. The lowest BCUT2D eigenvalue weighted by atomic mass is 10.4. The number of nitrogens with zero attached hydrogens (tertiary/aromatic N) is 1. The SMILES string of the molecule is CCOC(=NCl)C1CC1. The molecule has 0 heterocycles. The average Bonchev–Trinajstić information content (AvgIpc) is 2.64. The topological polar surface area (TPSA) is 21.6 Å². The van der Waals surface area contributed by atoms with Gasteiger partial charge in [0.2, 0.25) is 5.90 Å². The summed E-state index contributed by atoms with van der Waals surface area (Å²) in [5.41, 5.74) is 0. The molecule has 0 atom stereocenters. The van der Waals surface area contributed by atoms with E-state index in [0.29, 0.717) is 12.5 Å². The van der Waals surface area contributed by atoms with Crippen molar-refractivity contribution < 1.29 is 4.74 Å². The zero-order valence-electron chi connectivity index (χ0n) is 5.43. The molecule has 0 aromatic heterocycles. The number of hydrogen-bond acceptors (Lipinski definition) is 2. The predicted octanol–water partition coefficient (Wildman–Crippen LogP) is 1.99. The van der Waals surface area contributed by atoms with Crippen molar-refractivity contribution in [2.45, 2.75) is 19.8 Å². The van der Waals surface area contributed by atoms with Crippen molar-refractivity contribution in [3.63, 3.8) is 0 Å². The highest BCUT2D eigenvalue weighted by molar-refractivity contribution is 6.19. The maximum Gasteiger partial charge on any atom is 0.204 e. The van der Waals surface area contributed by atoms with E-state index in [4.69, 9.17) is 16.5 Å². The van der Waals surface area contributed by atoms with Crippen molar-refractivity contribution in [3.05, 3.63) is 0 Å². The Morgan fingerprint density at radius 1 is 1.78 bits per heavy atom. The van der Waals surface area contributed by atoms with Gasteiger partial charge in [-0.2, -0.15) is 0 Å². The minimum Gasteiger partial charge on any atom is -0.480 e. The molecule has 52 valence electrons. The van der Waals surface area contributed by atoms with Gasteiger partial charge in [0.1, 0.15) is 0 Å². The van der Waals surface area contributed by atoms with Gasteiger partial charge in [-0.3, -0.25) is 0 Å². The molecule has 1 saturated carbocycles. The number of rotatable bonds is 2. The summed E-state index contributed by atoms with van der Waals surface area (Å²) in [5.74, 6) is 1.25. The van der Waals surface area contributed by atoms with Gasteiger partial charge in [0, 0.05) is 17.7 Å². The van der Waals surface area contributed by atoms with E-state index in [-0.39, 0.29) is 0 Å². The number of hydrogen-bond donors (Lipinski definition) is 0. The second kappa shape index (κ2) is 3.06. The molecule has 0 N–H and O–H groups in total. The Balaban J connectivity index is 2.30. The Kier molecular flexibility index (Phi) is 2.34. The fraction of sp³-hybridized carbons (Fsp3) is 0.833. The van der Waals surface area contributed by atoms with Crippen LogP contribution in [0, 0.1) is 5.92 Å². The first-order chi connectivity index (χ1) is 4.38. The van der Waals surface area contributed by atoms with E-state index in [1.54, 1.807) is 0 Å². The summed E-state index contributed by atoms with van der Waals surface area (Å²) in [6.07, 6.45) is 2.37. The van der Waals surface area contributed by atoms with Gasteiger partial charge in [-0.25, -0.2) is 0 Å². The molecular weight excluding hydrogens is 138 g/mol. The zero-order chi connectivity index (χ0) is 6.69. The molecule has 1 rings (SSSR count). The van der Waals surface area contributed by atoms with Gasteiger partial charge in [-0.1, -0.05) is 0 Å². The Morgan fingerprint density at radius 3 is 2.78 bits per heavy atom. The van der Waals surface area contributed by atoms with Crippen LogP contribution in [0.3, 0.4) is 0 Å². The Labute approximate surface area is 60.0 Å². The van der Waals surface area contributed by atoms with E-state index >= 15 is 0 Å². The molecule has 0 unspecified atom stereocenters. The summed E-state index contributed by atoms with van der Waals surface area (Å²) < 4.78 is 8.64. The average molecular weight is 148 g/mol. The van der Waals surface area contributed by atoms with Crippen LogP contribution in [0.2, 0.25) is 0 Å². The molecule has 0 bridgehead atoms. The second-order valence-electron chi connectivity index (χ2n) is 2.13. The molecule has 9 heavy (non-hydrogen) atoms. The highest BCUT2D eigenvalue weighted by Crippen LogP contribution is 2.31. The monoisotopic (exact) mass is 147 g/mol. The molecule has 0 spiro atoms. The first kappa shape index (κ1) is 6.87. The van der Waals surface area contributed by atoms with Gasteiger partial charge < -0.3 is 4.74 Å². The fourth-order valence-electron chi connectivity index (χ4n) is 0.689. The standard InChI is InChI=1S/C6H10ClNO/c1-2-9-6(8-7)5-3-4-5/h5H,2-4H2,1H3. The lowest BCUT2D eigenvalue weighted by molar-refractivity contribution is 0.315. The summed E-state index contributed by atoms with van der Waals surface area (Å²) in [6, 6.07) is 0. The van der Waals surface area contributed by atoms with Crippen LogP contribution in [-0.2, 0) is 4.74 Å². The van der Waals surface area contributed by atoms with Crippen LogP contribution >= 0.6 is 11.8 Å². The van der Waals surface area contributed by atoms with Gasteiger partial charge in [0.25, 0.3) is 0 Å². The van der Waals surface area contributed by atoms with Crippen LogP contribution in [-0.4, -0.2) is 12.5 Å². The summed E-state index contributed by atoms with van der Waals surface area (Å²) in [6.45, 7) is 2.60. The predicted molar refractivity (Wildman–Crippen MR) is 37.6 cm³/mol. The molecule has 0 aromatic carbocycles. The van der Waals surface area contributed by atoms with Crippen LogP contribution in [0.25, 0.3) is 0 Å². The minimum absolute atomic E-state index is 0.530. The van der Waals surface area contributed by atoms with E-state index in [9.17, 15) is 0 Å². The molecule has 1 fully saturated rings. The van der Waals surface area contributed by atoms with E-state index in [1.165, 1.54) is 12.8 Å². The van der Waals surface area contributed by atoms with Gasteiger partial charge in [-0.15, -0.1) is 4.51 Å². The molecular formula is C6H10ClNO. The third kappa shape index (κ3) is 1.86. The third-order valence-corrected chi connectivity index (χ3v) is 1.47. The zero-order valence-corrected chi connectivity index (χ0v) is 6.19. The van der Waals surface area contributed by atoms with Crippen molar-refractivity contribution in [1.29, 1.82) is 0 Å². The number of halogens is 1. The normalized spacial score (nSPS) is 20.0. The molecule has 0 aliphatic heterocycles. The first-order valence-electron chi connectivity index (χ1n) is 3.20. The second-order valence-corrected chi connectivity index (χ2v) is 2.30. The highest BCUT2D eigenvalue weighted by atomic mass is 35.5. The molecule has 1 aliphatic carbocycles. The maximum atomic E-state index is 5.24. The quantitative estimate of drug-likeness (QED) is 0.433. The van der Waals surface area contributed by atoms with Gasteiger partial charge >= 0.3 is 0 Å². The lowest BCUT2D eigenvalue weighted by Crippen LogP contribution is -2.05. The van der Waals surface area contributed by atoms with Crippen molar-refractivity contribution in [1.82, 2.24) is 0 Å². The fourth-order valence-corrected chi connectivity index (χ4v) is 0.876. The summed E-state index contributed by atoms with van der Waals surface area (Å²) >= 11 is 5.24. The van der Waals surface area contributed by atoms with Crippen molar-refractivity contribution in [2.24, 2.45) is 10.4 Å². The molecule has 0 saturated heterocycles. The van der Waals surface area contributed by atoms with Gasteiger partial charge in [-0.05, 0) is 19.8 Å². The van der Waals surface area contributed by atoms with Crippen LogP contribution < -0.4 is 0 Å². The lowest BCUT2D eigenvalue weighted by Gasteiger charge is -2.01. The van der Waals surface area contributed by atoms with Gasteiger partial charge in [0.05, 0.1) is 6.61 Å². The van der Waals surface area contributed by atoms with Crippen LogP contribution in [0.4, 0.5) is 0 Å². The molecule has 0 amide bonds. The van der Waals surface area contributed by atoms with E-state index in [2.05, 4.69) is 4.51 Å². The van der Waals surface area contributed by atoms with Gasteiger partial charge in [0.15, 0.2) is 0 Å². The smallest absolute Gasteiger partial charge is 0.204 e. The Hall–Kier alpha value is -0.240. The molecule has 3 heteroatoms. The third-order valence-electron chi connectivity index (χ3n) is 1.30. The van der Waals surface area contributed by atoms with E-state index in [0.717, 1.165) is 5.90 Å². The van der Waals surface area contributed by atoms with E-state index in [1.807, 2.05) is 6.92 Å². The minimum atomic E-state index is 0.530. The van der Waals surface area contributed by atoms with Crippen LogP contribution in [0.5, 0.6) is 0 Å².